The molecule has 1 atom stereocenters. The lowest BCUT2D eigenvalue weighted by atomic mass is 10.1. The summed E-state index contributed by atoms with van der Waals surface area (Å²) in [6, 6.07) is 9.72. The van der Waals surface area contributed by atoms with Crippen molar-refractivity contribution in [2.75, 3.05) is 24.7 Å². The number of benzene rings is 1. The van der Waals surface area contributed by atoms with Gasteiger partial charge in [0.1, 0.15) is 0 Å². The summed E-state index contributed by atoms with van der Waals surface area (Å²) in [6.45, 7) is 1.77. The quantitative estimate of drug-likeness (QED) is 0.924. The zero-order valence-electron chi connectivity index (χ0n) is 11.0. The van der Waals surface area contributed by atoms with Crippen LogP contribution in [0.3, 0.4) is 0 Å². The number of aliphatic carboxylic acids is 1. The van der Waals surface area contributed by atoms with Crippen molar-refractivity contribution in [3.05, 3.63) is 36.5 Å². The van der Waals surface area contributed by atoms with Crippen LogP contribution in [0, 0.1) is 0 Å². The number of carboxylic acids is 1. The molecule has 0 saturated carbocycles. The molecule has 1 saturated heterocycles. The number of ether oxygens (including phenoxy) is 1. The maximum Gasteiger partial charge on any atom is 0.305 e. The van der Waals surface area contributed by atoms with Crippen LogP contribution in [0.5, 0.6) is 0 Å². The summed E-state index contributed by atoms with van der Waals surface area (Å²) in [4.78, 5) is 17.5. The highest BCUT2D eigenvalue weighted by molar-refractivity contribution is 5.91. The fourth-order valence-corrected chi connectivity index (χ4v) is 2.67. The van der Waals surface area contributed by atoms with Crippen molar-refractivity contribution in [3.63, 3.8) is 0 Å². The Morgan fingerprint density at radius 2 is 2.25 bits per heavy atom. The summed E-state index contributed by atoms with van der Waals surface area (Å²) in [7, 11) is 0. The molecular formula is C15H16N2O3. The van der Waals surface area contributed by atoms with Gasteiger partial charge in [-0.3, -0.25) is 9.78 Å². The van der Waals surface area contributed by atoms with Gasteiger partial charge in [0.25, 0.3) is 0 Å². The third-order valence-electron chi connectivity index (χ3n) is 3.57. The Morgan fingerprint density at radius 3 is 3.10 bits per heavy atom. The van der Waals surface area contributed by atoms with Crippen LogP contribution in [0.1, 0.15) is 6.42 Å². The minimum Gasteiger partial charge on any atom is -0.481 e. The second-order valence-corrected chi connectivity index (χ2v) is 4.87. The Morgan fingerprint density at radius 1 is 1.40 bits per heavy atom. The number of anilines is 1. The van der Waals surface area contributed by atoms with E-state index in [9.17, 15) is 4.79 Å². The van der Waals surface area contributed by atoms with E-state index >= 15 is 0 Å². The average Bonchev–Trinajstić information content (AvgIpc) is 2.47. The van der Waals surface area contributed by atoms with Crippen molar-refractivity contribution in [2.24, 2.45) is 0 Å². The van der Waals surface area contributed by atoms with Crippen LogP contribution in [0.4, 0.5) is 5.69 Å². The molecule has 0 amide bonds. The SMILES string of the molecule is O=C(O)CC1COCCN1c1ccnc2ccccc12. The fraction of sp³-hybridized carbons (Fsp3) is 0.333. The number of aromatic nitrogens is 1. The van der Waals surface area contributed by atoms with E-state index in [1.54, 1.807) is 6.20 Å². The number of pyridine rings is 1. The molecule has 3 rings (SSSR count). The highest BCUT2D eigenvalue weighted by atomic mass is 16.5. The summed E-state index contributed by atoms with van der Waals surface area (Å²) in [5, 5.41) is 10.1. The lowest BCUT2D eigenvalue weighted by Gasteiger charge is -2.37. The van der Waals surface area contributed by atoms with Crippen LogP contribution in [0.25, 0.3) is 10.9 Å². The second kappa shape index (κ2) is 5.46. The molecule has 20 heavy (non-hydrogen) atoms. The third kappa shape index (κ3) is 2.44. The molecule has 0 radical (unpaired) electrons. The normalized spacial score (nSPS) is 19.2. The van der Waals surface area contributed by atoms with Crippen LogP contribution in [-0.2, 0) is 9.53 Å². The summed E-state index contributed by atoms with van der Waals surface area (Å²) in [5.41, 5.74) is 1.95. The first-order valence-corrected chi connectivity index (χ1v) is 6.65. The van der Waals surface area contributed by atoms with Gasteiger partial charge in [-0.25, -0.2) is 0 Å². The molecule has 1 aliphatic heterocycles. The number of rotatable bonds is 3. The first-order valence-electron chi connectivity index (χ1n) is 6.65. The van der Waals surface area contributed by atoms with Crippen molar-refractivity contribution in [1.82, 2.24) is 4.98 Å². The molecule has 1 fully saturated rings. The predicted octanol–water partition coefficient (Wildman–Crippen LogP) is 1.91. The largest absolute Gasteiger partial charge is 0.481 e. The first kappa shape index (κ1) is 12.9. The smallest absolute Gasteiger partial charge is 0.305 e. The number of fused-ring (bicyclic) bond motifs is 1. The van der Waals surface area contributed by atoms with Gasteiger partial charge in [-0.2, -0.15) is 0 Å². The molecular weight excluding hydrogens is 256 g/mol. The van der Waals surface area contributed by atoms with E-state index in [-0.39, 0.29) is 12.5 Å². The topological polar surface area (TPSA) is 62.7 Å². The lowest BCUT2D eigenvalue weighted by Crippen LogP contribution is -2.46. The van der Waals surface area contributed by atoms with Gasteiger partial charge in [0.2, 0.25) is 0 Å². The average molecular weight is 272 g/mol. The molecule has 0 spiro atoms. The summed E-state index contributed by atoms with van der Waals surface area (Å²) in [6.07, 6.45) is 1.85. The standard InChI is InChI=1S/C15H16N2O3/c18-15(19)9-11-10-20-8-7-17(11)14-5-6-16-13-4-2-1-3-12(13)14/h1-6,11H,7-10H2,(H,18,19). The van der Waals surface area contributed by atoms with Gasteiger partial charge in [0.05, 0.1) is 31.2 Å². The molecule has 0 aliphatic carbocycles. The maximum absolute atomic E-state index is 11.0. The first-order chi connectivity index (χ1) is 9.75. The van der Waals surface area contributed by atoms with Gasteiger partial charge in [-0.05, 0) is 12.1 Å². The zero-order chi connectivity index (χ0) is 13.9. The number of nitrogens with zero attached hydrogens (tertiary/aromatic N) is 2. The molecule has 5 nitrogen and oxygen atoms in total. The van der Waals surface area contributed by atoms with Crippen LogP contribution in [0.2, 0.25) is 0 Å². The van der Waals surface area contributed by atoms with Crippen LogP contribution >= 0.6 is 0 Å². The van der Waals surface area contributed by atoms with Crippen molar-refractivity contribution in [2.45, 2.75) is 12.5 Å². The van der Waals surface area contributed by atoms with E-state index in [2.05, 4.69) is 9.88 Å². The van der Waals surface area contributed by atoms with E-state index in [0.29, 0.717) is 19.8 Å². The molecule has 2 aromatic rings. The van der Waals surface area contributed by atoms with Gasteiger partial charge in [0.15, 0.2) is 0 Å². The van der Waals surface area contributed by atoms with Crippen LogP contribution < -0.4 is 4.90 Å². The summed E-state index contributed by atoms with van der Waals surface area (Å²) in [5.74, 6) is -0.802. The van der Waals surface area contributed by atoms with Crippen LogP contribution in [-0.4, -0.2) is 41.9 Å². The molecule has 0 bridgehead atoms. The minimum atomic E-state index is -0.802. The van der Waals surface area contributed by atoms with Crippen molar-refractivity contribution < 1.29 is 14.6 Å². The summed E-state index contributed by atoms with van der Waals surface area (Å²) >= 11 is 0. The Balaban J connectivity index is 2.01. The van der Waals surface area contributed by atoms with Gasteiger partial charge in [-0.1, -0.05) is 18.2 Å². The number of hydrogen-bond acceptors (Lipinski definition) is 4. The maximum atomic E-state index is 11.0. The van der Waals surface area contributed by atoms with E-state index in [0.717, 1.165) is 16.6 Å². The zero-order valence-corrected chi connectivity index (χ0v) is 11.0. The molecule has 1 aliphatic rings. The number of carboxylic acid groups (broad SMARTS) is 1. The Hall–Kier alpha value is -2.14. The Kier molecular flexibility index (Phi) is 3.52. The van der Waals surface area contributed by atoms with E-state index in [4.69, 9.17) is 9.84 Å². The summed E-state index contributed by atoms with van der Waals surface area (Å²) < 4.78 is 5.43. The molecule has 2 heterocycles. The van der Waals surface area contributed by atoms with E-state index in [1.165, 1.54) is 0 Å². The van der Waals surface area contributed by atoms with Gasteiger partial charge >= 0.3 is 5.97 Å². The molecule has 1 aromatic heterocycles. The Bertz CT molecular complexity index is 624. The third-order valence-corrected chi connectivity index (χ3v) is 3.57. The van der Waals surface area contributed by atoms with E-state index in [1.807, 2.05) is 30.3 Å². The molecule has 1 N–H and O–H groups in total. The predicted molar refractivity (Wildman–Crippen MR) is 75.9 cm³/mol. The van der Waals surface area contributed by atoms with Crippen molar-refractivity contribution >= 4 is 22.6 Å². The second-order valence-electron chi connectivity index (χ2n) is 4.87. The molecule has 1 aromatic carbocycles. The number of para-hydroxylation sites is 1. The monoisotopic (exact) mass is 272 g/mol. The highest BCUT2D eigenvalue weighted by Gasteiger charge is 2.26. The number of hydrogen-bond donors (Lipinski definition) is 1. The fourth-order valence-electron chi connectivity index (χ4n) is 2.67. The van der Waals surface area contributed by atoms with Crippen molar-refractivity contribution in [1.29, 1.82) is 0 Å². The van der Waals surface area contributed by atoms with Gasteiger partial charge in [0, 0.05) is 23.8 Å². The number of morpholine rings is 1. The van der Waals surface area contributed by atoms with Crippen molar-refractivity contribution in [3.8, 4) is 0 Å². The lowest BCUT2D eigenvalue weighted by molar-refractivity contribution is -0.138. The number of carbonyl (C=O) groups is 1. The minimum absolute atomic E-state index is 0.0800. The van der Waals surface area contributed by atoms with Gasteiger partial charge in [-0.15, -0.1) is 0 Å². The molecule has 104 valence electrons. The van der Waals surface area contributed by atoms with Crippen LogP contribution in [0.15, 0.2) is 36.5 Å². The highest BCUT2D eigenvalue weighted by Crippen LogP contribution is 2.28. The van der Waals surface area contributed by atoms with Gasteiger partial charge < -0.3 is 14.7 Å². The Labute approximate surface area is 116 Å². The van der Waals surface area contributed by atoms with E-state index < -0.39 is 5.97 Å². The molecule has 1 unspecified atom stereocenters. The molecule has 5 heteroatoms.